The average molecular weight is 394 g/mol. The fourth-order valence-corrected chi connectivity index (χ4v) is 2.76. The standard InChI is InChI=1S/C17H18N2O7S/c1-24-17(23)15-11(6-9-27-15)19-13(20)10-26-14(21)5-2-7-18-16(22)12-4-3-8-25-12/h3-4,6,8-9H,2,5,7,10H2,1H3,(H,18,22)(H,19,20). The number of hydrogen-bond acceptors (Lipinski definition) is 8. The molecule has 0 aliphatic rings. The number of rotatable bonds is 9. The quantitative estimate of drug-likeness (QED) is 0.491. The zero-order valence-electron chi connectivity index (χ0n) is 14.5. The van der Waals surface area contributed by atoms with Crippen LogP contribution in [0.4, 0.5) is 5.69 Å². The number of ether oxygens (including phenoxy) is 2. The van der Waals surface area contributed by atoms with E-state index in [2.05, 4.69) is 15.4 Å². The van der Waals surface area contributed by atoms with E-state index < -0.39 is 24.5 Å². The fraction of sp³-hybridized carbons (Fsp3) is 0.294. The maximum absolute atomic E-state index is 11.8. The van der Waals surface area contributed by atoms with Gasteiger partial charge >= 0.3 is 11.9 Å². The van der Waals surface area contributed by atoms with Gasteiger partial charge in [0.2, 0.25) is 0 Å². The molecule has 2 N–H and O–H groups in total. The zero-order chi connectivity index (χ0) is 19.6. The molecule has 9 nitrogen and oxygen atoms in total. The summed E-state index contributed by atoms with van der Waals surface area (Å²) in [6.45, 7) is -0.216. The van der Waals surface area contributed by atoms with Crippen molar-refractivity contribution >= 4 is 40.8 Å². The van der Waals surface area contributed by atoms with Crippen LogP contribution in [0.2, 0.25) is 0 Å². The number of amides is 2. The molecule has 2 heterocycles. The first-order valence-corrected chi connectivity index (χ1v) is 8.82. The normalized spacial score (nSPS) is 10.1. The number of anilines is 1. The second-order valence-electron chi connectivity index (χ2n) is 5.20. The summed E-state index contributed by atoms with van der Waals surface area (Å²) < 4.78 is 14.4. The van der Waals surface area contributed by atoms with Crippen LogP contribution in [0.15, 0.2) is 34.3 Å². The smallest absolute Gasteiger partial charge is 0.350 e. The van der Waals surface area contributed by atoms with Crippen molar-refractivity contribution in [2.45, 2.75) is 12.8 Å². The number of nitrogens with one attached hydrogen (secondary N) is 2. The number of furan rings is 1. The average Bonchev–Trinajstić information content (AvgIpc) is 3.34. The van der Waals surface area contributed by atoms with Gasteiger partial charge in [-0.3, -0.25) is 14.4 Å². The van der Waals surface area contributed by atoms with Gasteiger partial charge in [0, 0.05) is 13.0 Å². The molecule has 0 spiro atoms. The monoisotopic (exact) mass is 394 g/mol. The molecule has 2 rings (SSSR count). The number of methoxy groups -OCH3 is 1. The summed E-state index contributed by atoms with van der Waals surface area (Å²) in [5, 5.41) is 6.71. The largest absolute Gasteiger partial charge is 0.465 e. The third-order valence-corrected chi connectivity index (χ3v) is 4.16. The summed E-state index contributed by atoms with van der Waals surface area (Å²) in [5.41, 5.74) is 0.300. The Morgan fingerprint density at radius 3 is 2.74 bits per heavy atom. The van der Waals surface area contributed by atoms with Crippen molar-refractivity contribution in [2.24, 2.45) is 0 Å². The van der Waals surface area contributed by atoms with E-state index in [1.165, 1.54) is 19.4 Å². The van der Waals surface area contributed by atoms with Crippen LogP contribution in [0.3, 0.4) is 0 Å². The van der Waals surface area contributed by atoms with Crippen molar-refractivity contribution in [3.63, 3.8) is 0 Å². The van der Waals surface area contributed by atoms with Crippen LogP contribution in [-0.4, -0.2) is 44.0 Å². The van der Waals surface area contributed by atoms with Gasteiger partial charge < -0.3 is 24.5 Å². The van der Waals surface area contributed by atoms with Gasteiger partial charge in [0.25, 0.3) is 11.8 Å². The minimum absolute atomic E-state index is 0.0393. The highest BCUT2D eigenvalue weighted by atomic mass is 32.1. The molecule has 0 aromatic carbocycles. The van der Waals surface area contributed by atoms with E-state index in [-0.39, 0.29) is 29.5 Å². The molecule has 10 heteroatoms. The lowest BCUT2D eigenvalue weighted by Gasteiger charge is -2.07. The Bertz CT molecular complexity index is 798. The Hall–Kier alpha value is -3.14. The lowest BCUT2D eigenvalue weighted by atomic mass is 10.3. The molecule has 2 aromatic rings. The van der Waals surface area contributed by atoms with Crippen molar-refractivity contribution in [2.75, 3.05) is 25.6 Å². The number of esters is 2. The Balaban J connectivity index is 1.64. The summed E-state index contributed by atoms with van der Waals surface area (Å²) in [4.78, 5) is 46.9. The summed E-state index contributed by atoms with van der Waals surface area (Å²) in [6.07, 6.45) is 1.78. The fourth-order valence-electron chi connectivity index (χ4n) is 1.99. The molecule has 0 unspecified atom stereocenters. The number of thiophene rings is 1. The Kier molecular flexibility index (Phi) is 7.56. The van der Waals surface area contributed by atoms with E-state index >= 15 is 0 Å². The van der Waals surface area contributed by atoms with Gasteiger partial charge in [-0.05, 0) is 30.0 Å². The lowest BCUT2D eigenvalue weighted by molar-refractivity contribution is -0.147. The minimum atomic E-state index is -0.573. The van der Waals surface area contributed by atoms with Crippen LogP contribution in [0.5, 0.6) is 0 Å². The molecule has 0 saturated heterocycles. The van der Waals surface area contributed by atoms with Crippen molar-refractivity contribution < 1.29 is 33.1 Å². The molecule has 0 bridgehead atoms. The second kappa shape index (κ2) is 10.1. The van der Waals surface area contributed by atoms with Gasteiger partial charge in [0.1, 0.15) is 4.88 Å². The summed E-state index contributed by atoms with van der Waals surface area (Å²) in [6, 6.07) is 4.68. The first-order chi connectivity index (χ1) is 13.0. The maximum Gasteiger partial charge on any atom is 0.350 e. The number of hydrogen-bond donors (Lipinski definition) is 2. The topological polar surface area (TPSA) is 124 Å². The van der Waals surface area contributed by atoms with Crippen LogP contribution in [-0.2, 0) is 19.1 Å². The van der Waals surface area contributed by atoms with Gasteiger partial charge in [-0.2, -0.15) is 0 Å². The highest BCUT2D eigenvalue weighted by Gasteiger charge is 2.16. The van der Waals surface area contributed by atoms with Crippen molar-refractivity contribution in [1.82, 2.24) is 5.32 Å². The molecule has 0 radical (unpaired) electrons. The minimum Gasteiger partial charge on any atom is -0.465 e. The summed E-state index contributed by atoms with van der Waals surface area (Å²) in [7, 11) is 1.24. The van der Waals surface area contributed by atoms with Gasteiger partial charge in [-0.1, -0.05) is 0 Å². The number of carbonyl (C=O) groups is 4. The second-order valence-corrected chi connectivity index (χ2v) is 6.12. The highest BCUT2D eigenvalue weighted by molar-refractivity contribution is 7.12. The van der Waals surface area contributed by atoms with Gasteiger partial charge in [0.05, 0.1) is 19.1 Å². The third-order valence-electron chi connectivity index (χ3n) is 3.26. The molecular weight excluding hydrogens is 376 g/mol. The lowest BCUT2D eigenvalue weighted by Crippen LogP contribution is -2.25. The molecule has 0 saturated carbocycles. The molecular formula is C17H18N2O7S. The Morgan fingerprint density at radius 1 is 1.22 bits per heavy atom. The Labute approximate surface area is 158 Å². The van der Waals surface area contributed by atoms with Gasteiger partial charge in [0.15, 0.2) is 12.4 Å². The number of carbonyl (C=O) groups excluding carboxylic acids is 4. The maximum atomic E-state index is 11.8. The van der Waals surface area contributed by atoms with E-state index in [1.54, 1.807) is 17.5 Å². The summed E-state index contributed by atoms with van der Waals surface area (Å²) in [5.74, 6) is -1.89. The molecule has 0 atom stereocenters. The molecule has 27 heavy (non-hydrogen) atoms. The van der Waals surface area contributed by atoms with Crippen molar-refractivity contribution in [3.05, 3.63) is 40.5 Å². The van der Waals surface area contributed by atoms with Crippen molar-refractivity contribution in [1.29, 1.82) is 0 Å². The van der Waals surface area contributed by atoms with E-state index in [4.69, 9.17) is 9.15 Å². The highest BCUT2D eigenvalue weighted by Crippen LogP contribution is 2.22. The predicted octanol–water partition coefficient (Wildman–Crippen LogP) is 1.82. The van der Waals surface area contributed by atoms with E-state index in [9.17, 15) is 19.2 Å². The van der Waals surface area contributed by atoms with Crippen LogP contribution in [0.1, 0.15) is 33.1 Å². The molecule has 2 aromatic heterocycles. The predicted molar refractivity (Wildman–Crippen MR) is 95.5 cm³/mol. The van der Waals surface area contributed by atoms with E-state index in [0.717, 1.165) is 11.3 Å². The SMILES string of the molecule is COC(=O)c1sccc1NC(=O)COC(=O)CCCNC(=O)c1ccco1. The Morgan fingerprint density at radius 2 is 2.04 bits per heavy atom. The first kappa shape index (κ1) is 20.2. The molecule has 0 aliphatic carbocycles. The van der Waals surface area contributed by atoms with Crippen LogP contribution in [0.25, 0.3) is 0 Å². The molecule has 0 fully saturated rings. The molecule has 144 valence electrons. The van der Waals surface area contributed by atoms with E-state index in [1.807, 2.05) is 0 Å². The third kappa shape index (κ3) is 6.26. The van der Waals surface area contributed by atoms with Crippen LogP contribution < -0.4 is 10.6 Å². The van der Waals surface area contributed by atoms with Crippen LogP contribution in [0, 0.1) is 0 Å². The summed E-state index contributed by atoms with van der Waals surface area (Å²) >= 11 is 1.13. The van der Waals surface area contributed by atoms with Gasteiger partial charge in [-0.25, -0.2) is 4.79 Å². The molecule has 0 aliphatic heterocycles. The van der Waals surface area contributed by atoms with Gasteiger partial charge in [-0.15, -0.1) is 11.3 Å². The van der Waals surface area contributed by atoms with E-state index in [0.29, 0.717) is 12.1 Å². The first-order valence-electron chi connectivity index (χ1n) is 7.94. The molecule has 2 amide bonds. The van der Waals surface area contributed by atoms with Crippen LogP contribution >= 0.6 is 11.3 Å². The zero-order valence-corrected chi connectivity index (χ0v) is 15.3. The van der Waals surface area contributed by atoms with Crippen molar-refractivity contribution in [3.8, 4) is 0 Å².